The number of fused-ring (bicyclic) bond motifs is 1. The van der Waals surface area contributed by atoms with E-state index in [1.807, 2.05) is 18.2 Å². The first kappa shape index (κ1) is 32.1. The molecule has 1 saturated heterocycles. The van der Waals surface area contributed by atoms with Crippen molar-refractivity contribution in [1.82, 2.24) is 15.5 Å². The van der Waals surface area contributed by atoms with Gasteiger partial charge in [-0.15, -0.1) is 0 Å². The molecule has 44 heavy (non-hydrogen) atoms. The summed E-state index contributed by atoms with van der Waals surface area (Å²) in [5.74, 6) is -0.677. The Kier molecular flexibility index (Phi) is 11.0. The molecule has 0 radical (unpaired) electrons. The second-order valence-electron chi connectivity index (χ2n) is 12.6. The smallest absolute Gasteiger partial charge is 0.312 e. The first-order chi connectivity index (χ1) is 21.4. The number of esters is 1. The van der Waals surface area contributed by atoms with Crippen molar-refractivity contribution >= 4 is 17.8 Å². The molecule has 2 aromatic carbocycles. The van der Waals surface area contributed by atoms with E-state index in [1.165, 1.54) is 24.1 Å². The molecule has 0 bridgehead atoms. The molecule has 2 aliphatic heterocycles. The fourth-order valence-corrected chi connectivity index (χ4v) is 7.41. The maximum atomic E-state index is 14.1. The summed E-state index contributed by atoms with van der Waals surface area (Å²) in [6.45, 7) is 2.20. The van der Waals surface area contributed by atoms with Crippen LogP contribution in [0.4, 0.5) is 4.39 Å². The molecule has 8 nitrogen and oxygen atoms in total. The highest BCUT2D eigenvalue weighted by molar-refractivity contribution is 5.88. The Labute approximate surface area is 260 Å². The van der Waals surface area contributed by atoms with Gasteiger partial charge in [0.05, 0.1) is 12.0 Å². The monoisotopic (exact) mass is 607 g/mol. The predicted molar refractivity (Wildman–Crippen MR) is 165 cm³/mol. The van der Waals surface area contributed by atoms with Crippen molar-refractivity contribution in [3.63, 3.8) is 0 Å². The molecule has 1 aliphatic carbocycles. The number of methoxy groups -OCH3 is 1. The Hall–Kier alpha value is -3.30. The van der Waals surface area contributed by atoms with Crippen molar-refractivity contribution in [3.8, 4) is 0 Å². The molecule has 2 atom stereocenters. The molecule has 2 heterocycles. The molecule has 1 saturated carbocycles. The second-order valence-corrected chi connectivity index (χ2v) is 12.6. The average Bonchev–Trinajstić information content (AvgIpc) is 3.06. The first-order valence-corrected chi connectivity index (χ1v) is 16.2. The zero-order valence-electron chi connectivity index (χ0n) is 25.8. The molecule has 9 heteroatoms. The first-order valence-electron chi connectivity index (χ1n) is 16.2. The van der Waals surface area contributed by atoms with E-state index in [1.54, 1.807) is 24.1 Å². The van der Waals surface area contributed by atoms with E-state index in [2.05, 4.69) is 16.7 Å². The predicted octanol–water partition coefficient (Wildman–Crippen LogP) is 4.51. The van der Waals surface area contributed by atoms with Crippen LogP contribution in [-0.4, -0.2) is 68.7 Å². The van der Waals surface area contributed by atoms with Gasteiger partial charge in [0.25, 0.3) is 0 Å². The number of nitrogens with zero attached hydrogens (tertiary/aromatic N) is 1. The number of piperidine rings is 1. The average molecular weight is 608 g/mol. The molecule has 3 aliphatic rings. The topological polar surface area (TPSA) is 97.0 Å². The van der Waals surface area contributed by atoms with E-state index in [9.17, 15) is 18.8 Å². The van der Waals surface area contributed by atoms with Gasteiger partial charge in [-0.2, -0.15) is 0 Å². The standard InChI is InChI=1S/C35H46FN3O5/c1-43-21-22-44-34(42)35(27-8-3-2-4-9-27)16-19-39(20-17-35)33(41)31(23-25-11-13-28(36)14-12-25)38-32(40)24-30-29-10-6-5-7-26(29)15-18-37-30/h5-7,10-14,27,30-31,37H,2-4,8-9,15-24H2,1H3,(H,38,40). The third-order valence-electron chi connectivity index (χ3n) is 9.87. The molecular formula is C35H46FN3O5. The number of ether oxygens (including phenoxy) is 2. The highest BCUT2D eigenvalue weighted by Crippen LogP contribution is 2.47. The fourth-order valence-electron chi connectivity index (χ4n) is 7.41. The molecule has 238 valence electrons. The molecule has 2 fully saturated rings. The van der Waals surface area contributed by atoms with Crippen LogP contribution in [0.5, 0.6) is 0 Å². The number of halogens is 1. The number of hydrogen-bond donors (Lipinski definition) is 2. The Bertz CT molecular complexity index is 1270. The van der Waals surface area contributed by atoms with Crippen LogP contribution in [0.2, 0.25) is 0 Å². The molecule has 0 aromatic heterocycles. The summed E-state index contributed by atoms with van der Waals surface area (Å²) in [5.41, 5.74) is 2.50. The Morgan fingerprint density at radius 3 is 2.48 bits per heavy atom. The largest absolute Gasteiger partial charge is 0.463 e. The van der Waals surface area contributed by atoms with Crippen molar-refractivity contribution in [2.24, 2.45) is 11.3 Å². The van der Waals surface area contributed by atoms with Crippen LogP contribution in [0, 0.1) is 17.2 Å². The molecular weight excluding hydrogens is 561 g/mol. The summed E-state index contributed by atoms with van der Waals surface area (Å²) in [6, 6.07) is 13.3. The van der Waals surface area contributed by atoms with Gasteiger partial charge in [-0.05, 0) is 73.4 Å². The minimum Gasteiger partial charge on any atom is -0.463 e. The third kappa shape index (κ3) is 7.67. The van der Waals surface area contributed by atoms with E-state index < -0.39 is 11.5 Å². The van der Waals surface area contributed by atoms with Gasteiger partial charge in [0.2, 0.25) is 11.8 Å². The van der Waals surface area contributed by atoms with Gasteiger partial charge >= 0.3 is 5.97 Å². The highest BCUT2D eigenvalue weighted by atomic mass is 19.1. The summed E-state index contributed by atoms with van der Waals surface area (Å²) in [6.07, 6.45) is 7.83. The quantitative estimate of drug-likeness (QED) is 0.288. The Morgan fingerprint density at radius 2 is 1.75 bits per heavy atom. The lowest BCUT2D eigenvalue weighted by molar-refractivity contribution is -0.168. The summed E-state index contributed by atoms with van der Waals surface area (Å²) >= 11 is 0. The summed E-state index contributed by atoms with van der Waals surface area (Å²) in [7, 11) is 1.58. The van der Waals surface area contributed by atoms with Crippen molar-refractivity contribution in [2.45, 2.75) is 76.3 Å². The lowest BCUT2D eigenvalue weighted by Gasteiger charge is -2.46. The van der Waals surface area contributed by atoms with Gasteiger partial charge in [0, 0.05) is 39.1 Å². The van der Waals surface area contributed by atoms with Gasteiger partial charge in [-0.3, -0.25) is 14.4 Å². The van der Waals surface area contributed by atoms with E-state index in [-0.39, 0.29) is 55.0 Å². The fraction of sp³-hybridized carbons (Fsp3) is 0.571. The molecule has 2 amide bonds. The SMILES string of the molecule is COCCOC(=O)C1(C2CCCCC2)CCN(C(=O)C(Cc2ccc(F)cc2)NC(=O)CC2NCCc3ccccc32)CC1. The number of hydrogen-bond acceptors (Lipinski definition) is 6. The number of benzene rings is 2. The summed E-state index contributed by atoms with van der Waals surface area (Å²) < 4.78 is 24.5. The van der Waals surface area contributed by atoms with E-state index in [0.717, 1.165) is 49.8 Å². The number of carbonyl (C=O) groups excluding carboxylic acids is 3. The van der Waals surface area contributed by atoms with Crippen LogP contribution >= 0.6 is 0 Å². The van der Waals surface area contributed by atoms with Crippen molar-refractivity contribution < 1.29 is 28.2 Å². The van der Waals surface area contributed by atoms with Gasteiger partial charge < -0.3 is 25.0 Å². The zero-order chi connectivity index (χ0) is 30.9. The second kappa shape index (κ2) is 15.1. The highest BCUT2D eigenvalue weighted by Gasteiger charge is 2.49. The Balaban J connectivity index is 1.29. The molecule has 0 spiro atoms. The third-order valence-corrected chi connectivity index (χ3v) is 9.87. The molecule has 2 aromatic rings. The molecule has 2 unspecified atom stereocenters. The van der Waals surface area contributed by atoms with E-state index in [4.69, 9.17) is 9.47 Å². The van der Waals surface area contributed by atoms with Crippen LogP contribution in [0.25, 0.3) is 0 Å². The number of nitrogens with one attached hydrogen (secondary N) is 2. The Morgan fingerprint density at radius 1 is 1.02 bits per heavy atom. The minimum atomic E-state index is -0.803. The number of carbonyl (C=O) groups is 3. The molecule has 5 rings (SSSR count). The number of amides is 2. The molecule has 2 N–H and O–H groups in total. The van der Waals surface area contributed by atoms with Crippen molar-refractivity contribution in [2.75, 3.05) is 40.0 Å². The van der Waals surface area contributed by atoms with Crippen LogP contribution in [-0.2, 0) is 36.7 Å². The normalized spacial score (nSPS) is 20.8. The zero-order valence-corrected chi connectivity index (χ0v) is 25.8. The van der Waals surface area contributed by atoms with Crippen molar-refractivity contribution in [1.29, 1.82) is 0 Å². The summed E-state index contributed by atoms with van der Waals surface area (Å²) in [5, 5.41) is 6.47. The van der Waals surface area contributed by atoms with Gasteiger partial charge in [0.15, 0.2) is 0 Å². The number of rotatable bonds is 11. The maximum absolute atomic E-state index is 14.1. The van der Waals surface area contributed by atoms with Crippen LogP contribution in [0.1, 0.15) is 74.1 Å². The van der Waals surface area contributed by atoms with Crippen molar-refractivity contribution in [3.05, 3.63) is 71.0 Å². The lowest BCUT2D eigenvalue weighted by Crippen LogP contribution is -2.56. The minimum absolute atomic E-state index is 0.128. The summed E-state index contributed by atoms with van der Waals surface area (Å²) in [4.78, 5) is 42.8. The van der Waals surface area contributed by atoms with Gasteiger partial charge in [-0.25, -0.2) is 4.39 Å². The van der Waals surface area contributed by atoms with E-state index in [0.29, 0.717) is 32.5 Å². The van der Waals surface area contributed by atoms with Crippen LogP contribution in [0.15, 0.2) is 48.5 Å². The van der Waals surface area contributed by atoms with E-state index >= 15 is 0 Å². The van der Waals surface area contributed by atoms with Gasteiger partial charge in [0.1, 0.15) is 18.5 Å². The lowest BCUT2D eigenvalue weighted by atomic mass is 9.63. The van der Waals surface area contributed by atoms with Crippen LogP contribution in [0.3, 0.4) is 0 Å². The maximum Gasteiger partial charge on any atom is 0.312 e. The van der Waals surface area contributed by atoms with Gasteiger partial charge in [-0.1, -0.05) is 55.7 Å². The van der Waals surface area contributed by atoms with Crippen LogP contribution < -0.4 is 10.6 Å². The number of likely N-dealkylation sites (tertiary alicyclic amines) is 1.